The minimum absolute atomic E-state index is 0.103. The van der Waals surface area contributed by atoms with E-state index in [-0.39, 0.29) is 17.9 Å². The van der Waals surface area contributed by atoms with E-state index in [4.69, 9.17) is 0 Å². The number of hydrogen-bond acceptors (Lipinski definition) is 4. The molecule has 2 heterocycles. The lowest BCUT2D eigenvalue weighted by atomic mass is 10.2. The molecule has 0 bridgehead atoms. The zero-order valence-electron chi connectivity index (χ0n) is 17.3. The lowest BCUT2D eigenvalue weighted by molar-refractivity contribution is -0.137. The van der Waals surface area contributed by atoms with E-state index in [9.17, 15) is 22.8 Å². The molecule has 0 unspecified atom stereocenters. The number of benzene rings is 1. The highest BCUT2D eigenvalue weighted by molar-refractivity contribution is 5.92. The van der Waals surface area contributed by atoms with Crippen LogP contribution >= 0.6 is 0 Å². The molecule has 31 heavy (non-hydrogen) atoms. The largest absolute Gasteiger partial charge is 0.416 e. The van der Waals surface area contributed by atoms with Crippen LogP contribution in [0, 0.1) is 20.8 Å². The van der Waals surface area contributed by atoms with E-state index in [2.05, 4.69) is 15.5 Å². The van der Waals surface area contributed by atoms with Crippen molar-refractivity contribution in [3.8, 4) is 5.69 Å². The van der Waals surface area contributed by atoms with Crippen LogP contribution in [0.5, 0.6) is 0 Å². The first-order valence-electron chi connectivity index (χ1n) is 9.64. The molecule has 7 nitrogen and oxygen atoms in total. The van der Waals surface area contributed by atoms with E-state index >= 15 is 0 Å². The number of amides is 1. The van der Waals surface area contributed by atoms with Crippen molar-refractivity contribution >= 4 is 5.91 Å². The molecule has 0 aliphatic rings. The van der Waals surface area contributed by atoms with Crippen molar-refractivity contribution in [2.75, 3.05) is 6.54 Å². The summed E-state index contributed by atoms with van der Waals surface area (Å²) in [6.07, 6.45) is -3.93. The maximum Gasteiger partial charge on any atom is 0.416 e. The Labute approximate surface area is 176 Å². The smallest absolute Gasteiger partial charge is 0.350 e. The molecule has 1 amide bonds. The van der Waals surface area contributed by atoms with Crippen LogP contribution < -0.4 is 10.7 Å². The molecule has 0 aliphatic heterocycles. The van der Waals surface area contributed by atoms with E-state index in [0.717, 1.165) is 28.2 Å². The second-order valence-electron chi connectivity index (χ2n) is 7.22. The molecule has 0 atom stereocenters. The number of nitrogens with one attached hydrogen (secondary N) is 1. The van der Waals surface area contributed by atoms with Crippen LogP contribution in [0.1, 0.15) is 39.6 Å². The fourth-order valence-electron chi connectivity index (χ4n) is 3.20. The summed E-state index contributed by atoms with van der Waals surface area (Å²) in [6.45, 7) is 6.24. The van der Waals surface area contributed by atoms with Gasteiger partial charge in [-0.25, -0.2) is 4.68 Å². The van der Waals surface area contributed by atoms with Gasteiger partial charge >= 0.3 is 6.18 Å². The Morgan fingerprint density at radius 3 is 2.45 bits per heavy atom. The first-order chi connectivity index (χ1) is 14.6. The van der Waals surface area contributed by atoms with Crippen LogP contribution in [0.25, 0.3) is 5.69 Å². The van der Waals surface area contributed by atoms with E-state index in [1.807, 2.05) is 24.6 Å². The molecule has 0 saturated heterocycles. The van der Waals surface area contributed by atoms with Crippen molar-refractivity contribution in [2.45, 2.75) is 39.9 Å². The number of halogens is 3. The Bertz CT molecular complexity index is 1160. The van der Waals surface area contributed by atoms with E-state index in [0.29, 0.717) is 18.7 Å². The predicted molar refractivity (Wildman–Crippen MR) is 108 cm³/mol. The van der Waals surface area contributed by atoms with Gasteiger partial charge in [-0.1, -0.05) is 6.07 Å². The predicted octanol–water partition coefficient (Wildman–Crippen LogP) is 3.19. The van der Waals surface area contributed by atoms with Crippen LogP contribution in [0.4, 0.5) is 13.2 Å². The molecule has 3 aromatic rings. The zero-order valence-corrected chi connectivity index (χ0v) is 17.3. The van der Waals surface area contributed by atoms with Crippen molar-refractivity contribution in [1.82, 2.24) is 24.9 Å². The fraction of sp³-hybridized carbons (Fsp3) is 0.333. The quantitative estimate of drug-likeness (QED) is 0.606. The SMILES string of the molecule is Cc1cc(C)n(CCCNC(=O)c2nn(-c3cccc(C(F)(F)F)c3)c(C)cc2=O)n1. The Morgan fingerprint density at radius 2 is 1.81 bits per heavy atom. The maximum absolute atomic E-state index is 13.0. The zero-order chi connectivity index (χ0) is 22.8. The van der Waals surface area contributed by atoms with E-state index < -0.39 is 23.1 Å². The van der Waals surface area contributed by atoms with Gasteiger partial charge in [0.2, 0.25) is 5.43 Å². The molecule has 0 fully saturated rings. The summed E-state index contributed by atoms with van der Waals surface area (Å²) in [5.74, 6) is -0.681. The maximum atomic E-state index is 13.0. The van der Waals surface area contributed by atoms with Gasteiger partial charge in [0.15, 0.2) is 5.69 Å². The van der Waals surface area contributed by atoms with Crippen LogP contribution in [0.3, 0.4) is 0 Å². The Kier molecular flexibility index (Phi) is 6.28. The molecule has 3 rings (SSSR count). The lowest BCUT2D eigenvalue weighted by Gasteiger charge is -2.13. The van der Waals surface area contributed by atoms with Gasteiger partial charge < -0.3 is 5.32 Å². The number of rotatable bonds is 6. The van der Waals surface area contributed by atoms with Gasteiger partial charge in [-0.2, -0.15) is 23.4 Å². The van der Waals surface area contributed by atoms with Crippen LogP contribution in [0.2, 0.25) is 0 Å². The second kappa shape index (κ2) is 8.75. The average molecular weight is 433 g/mol. The Morgan fingerprint density at radius 1 is 1.06 bits per heavy atom. The van der Waals surface area contributed by atoms with Crippen molar-refractivity contribution < 1.29 is 18.0 Å². The topological polar surface area (TPSA) is 81.8 Å². The summed E-state index contributed by atoms with van der Waals surface area (Å²) in [7, 11) is 0. The first-order valence-corrected chi connectivity index (χ1v) is 9.64. The molecule has 0 saturated carbocycles. The van der Waals surface area contributed by atoms with Crippen molar-refractivity contribution in [3.05, 3.63) is 75.0 Å². The van der Waals surface area contributed by atoms with Crippen LogP contribution in [-0.4, -0.2) is 32.0 Å². The lowest BCUT2D eigenvalue weighted by Crippen LogP contribution is -2.33. The monoisotopic (exact) mass is 433 g/mol. The van der Waals surface area contributed by atoms with Crippen LogP contribution in [0.15, 0.2) is 41.2 Å². The summed E-state index contributed by atoms with van der Waals surface area (Å²) in [6, 6.07) is 7.66. The van der Waals surface area contributed by atoms with Crippen molar-refractivity contribution in [3.63, 3.8) is 0 Å². The van der Waals surface area contributed by atoms with Gasteiger partial charge in [-0.15, -0.1) is 0 Å². The summed E-state index contributed by atoms with van der Waals surface area (Å²) in [4.78, 5) is 24.7. The van der Waals surface area contributed by atoms with Gasteiger partial charge in [0.05, 0.1) is 16.9 Å². The van der Waals surface area contributed by atoms with Crippen molar-refractivity contribution in [2.24, 2.45) is 0 Å². The Hall–Kier alpha value is -3.43. The second-order valence-corrected chi connectivity index (χ2v) is 7.22. The number of alkyl halides is 3. The van der Waals surface area contributed by atoms with Gasteiger partial charge in [-0.3, -0.25) is 14.3 Å². The standard InChI is InChI=1S/C21H22F3N5O2/c1-13-10-14(2)28(26-13)9-5-8-25-20(31)19-18(30)11-15(3)29(27-19)17-7-4-6-16(12-17)21(22,23)24/h4,6-7,10-12H,5,8-9H2,1-3H3,(H,25,31). The van der Waals surface area contributed by atoms with Gasteiger partial charge in [0.25, 0.3) is 5.91 Å². The fourth-order valence-corrected chi connectivity index (χ4v) is 3.20. The van der Waals surface area contributed by atoms with Gasteiger partial charge in [0, 0.05) is 30.5 Å². The molecular formula is C21H22F3N5O2. The number of carbonyl (C=O) groups is 1. The van der Waals surface area contributed by atoms with E-state index in [1.165, 1.54) is 25.1 Å². The molecule has 0 aliphatic carbocycles. The molecule has 0 spiro atoms. The summed E-state index contributed by atoms with van der Waals surface area (Å²) >= 11 is 0. The minimum atomic E-state index is -4.52. The molecule has 2 aromatic heterocycles. The summed E-state index contributed by atoms with van der Waals surface area (Å²) < 4.78 is 42.1. The highest BCUT2D eigenvalue weighted by Gasteiger charge is 2.30. The summed E-state index contributed by atoms with van der Waals surface area (Å²) in [5, 5.41) is 11.0. The molecule has 1 N–H and O–H groups in total. The first kappa shape index (κ1) is 22.3. The normalized spacial score (nSPS) is 11.5. The average Bonchev–Trinajstić information content (AvgIpc) is 3.01. The highest BCUT2D eigenvalue weighted by Crippen LogP contribution is 2.30. The molecular weight excluding hydrogens is 411 g/mol. The van der Waals surface area contributed by atoms with Gasteiger partial charge in [0.1, 0.15) is 0 Å². The Balaban J connectivity index is 1.75. The molecule has 0 radical (unpaired) electrons. The number of aromatic nitrogens is 4. The van der Waals surface area contributed by atoms with Crippen LogP contribution in [-0.2, 0) is 12.7 Å². The number of nitrogens with zero attached hydrogens (tertiary/aromatic N) is 4. The third-order valence-electron chi connectivity index (χ3n) is 4.68. The van der Waals surface area contributed by atoms with Gasteiger partial charge in [-0.05, 0) is 51.5 Å². The molecule has 10 heteroatoms. The summed E-state index contributed by atoms with van der Waals surface area (Å²) in [5.41, 5.74) is 0.496. The molecule has 1 aromatic carbocycles. The van der Waals surface area contributed by atoms with Crippen molar-refractivity contribution in [1.29, 1.82) is 0 Å². The third kappa shape index (κ3) is 5.19. The minimum Gasteiger partial charge on any atom is -0.350 e. The van der Waals surface area contributed by atoms with E-state index in [1.54, 1.807) is 0 Å². The molecule has 164 valence electrons. The number of carbonyl (C=O) groups excluding carboxylic acids is 1. The number of hydrogen-bond donors (Lipinski definition) is 1. The third-order valence-corrected chi connectivity index (χ3v) is 4.68. The number of aryl methyl sites for hydroxylation is 4. The highest BCUT2D eigenvalue weighted by atomic mass is 19.4.